The lowest BCUT2D eigenvalue weighted by atomic mass is 9.94. The molecule has 98 valence electrons. The van der Waals surface area contributed by atoms with Crippen molar-refractivity contribution in [1.29, 1.82) is 0 Å². The molecular formula is C14H15N3O2. The summed E-state index contributed by atoms with van der Waals surface area (Å²) in [4.78, 5) is 18.9. The number of aromatic amines is 1. The van der Waals surface area contributed by atoms with Gasteiger partial charge in [-0.1, -0.05) is 25.1 Å². The molecule has 2 N–H and O–H groups in total. The lowest BCUT2D eigenvalue weighted by Crippen LogP contribution is -2.27. The van der Waals surface area contributed by atoms with Gasteiger partial charge in [-0.3, -0.25) is 4.79 Å². The third-order valence-corrected chi connectivity index (χ3v) is 3.47. The number of carbonyl (C=O) groups is 1. The third kappa shape index (κ3) is 1.87. The Kier molecular flexibility index (Phi) is 2.74. The lowest BCUT2D eigenvalue weighted by Gasteiger charge is -2.17. The Bertz CT molecular complexity index is 660. The molecule has 1 aromatic carbocycles. The number of aromatic nitrogens is 1. The van der Waals surface area contributed by atoms with Crippen molar-refractivity contribution in [2.45, 2.75) is 18.9 Å². The monoisotopic (exact) mass is 257 g/mol. The zero-order valence-electron chi connectivity index (χ0n) is 10.8. The predicted molar refractivity (Wildman–Crippen MR) is 73.1 cm³/mol. The van der Waals surface area contributed by atoms with Crippen LogP contribution in [0.25, 0.3) is 10.9 Å². The average Bonchev–Trinajstić information content (AvgIpc) is 3.01. The number of hydrogen-bond donors (Lipinski definition) is 2. The first kappa shape index (κ1) is 11.8. The normalized spacial score (nSPS) is 20.2. The summed E-state index contributed by atoms with van der Waals surface area (Å²) in [6.45, 7) is 1.98. The standard InChI is InChI=1S/C14H15N3O2/c1-8(12-13(18)17-14(15-2)19-12)10-7-16-11-6-4-3-5-9(10)11/h3-8,12,16H,1-2H3,(H,15,17,18)/t8-,12+/m1/s1. The number of ether oxygens (including phenoxy) is 1. The number of benzene rings is 1. The van der Waals surface area contributed by atoms with Gasteiger partial charge in [-0.15, -0.1) is 0 Å². The summed E-state index contributed by atoms with van der Waals surface area (Å²) in [5.74, 6) is -0.291. The minimum Gasteiger partial charge on any atom is -0.451 e. The molecule has 0 aliphatic carbocycles. The van der Waals surface area contributed by atoms with Crippen molar-refractivity contribution < 1.29 is 9.53 Å². The molecule has 0 spiro atoms. The van der Waals surface area contributed by atoms with Gasteiger partial charge in [0.25, 0.3) is 11.9 Å². The molecule has 5 heteroatoms. The van der Waals surface area contributed by atoms with Crippen LogP contribution in [0.3, 0.4) is 0 Å². The Labute approximate surface area is 110 Å². The van der Waals surface area contributed by atoms with Crippen LogP contribution in [0.4, 0.5) is 0 Å². The van der Waals surface area contributed by atoms with E-state index in [9.17, 15) is 4.79 Å². The maximum atomic E-state index is 11.9. The van der Waals surface area contributed by atoms with Crippen LogP contribution in [0.1, 0.15) is 18.4 Å². The van der Waals surface area contributed by atoms with E-state index in [1.807, 2.05) is 37.4 Å². The molecule has 0 unspecified atom stereocenters. The Morgan fingerprint density at radius 3 is 2.95 bits per heavy atom. The van der Waals surface area contributed by atoms with Crippen LogP contribution < -0.4 is 5.32 Å². The molecule has 0 saturated heterocycles. The van der Waals surface area contributed by atoms with Gasteiger partial charge in [-0.05, 0) is 11.6 Å². The molecule has 19 heavy (non-hydrogen) atoms. The molecule has 2 atom stereocenters. The van der Waals surface area contributed by atoms with Crippen molar-refractivity contribution in [1.82, 2.24) is 10.3 Å². The molecule has 2 aromatic rings. The van der Waals surface area contributed by atoms with Crippen LogP contribution in [0.2, 0.25) is 0 Å². The second-order valence-corrected chi connectivity index (χ2v) is 4.62. The second kappa shape index (κ2) is 4.42. The van der Waals surface area contributed by atoms with Crippen molar-refractivity contribution in [2.75, 3.05) is 7.05 Å². The summed E-state index contributed by atoms with van der Waals surface area (Å²) in [6.07, 6.45) is 1.38. The summed E-state index contributed by atoms with van der Waals surface area (Å²) >= 11 is 0. The van der Waals surface area contributed by atoms with Gasteiger partial charge < -0.3 is 15.0 Å². The van der Waals surface area contributed by atoms with Crippen molar-refractivity contribution in [3.63, 3.8) is 0 Å². The first-order valence-electron chi connectivity index (χ1n) is 6.23. The molecule has 0 saturated carbocycles. The molecule has 0 fully saturated rings. The molecular weight excluding hydrogens is 242 g/mol. The SMILES string of the molecule is CNC1=NC(=O)[C@H]([C@H](C)c2c[nH]c3ccccc23)O1. The number of carbonyl (C=O) groups excluding carboxylic acids is 1. The second-order valence-electron chi connectivity index (χ2n) is 4.62. The average molecular weight is 257 g/mol. The summed E-state index contributed by atoms with van der Waals surface area (Å²) in [7, 11) is 1.69. The highest BCUT2D eigenvalue weighted by molar-refractivity contribution is 5.99. The zero-order valence-corrected chi connectivity index (χ0v) is 10.8. The van der Waals surface area contributed by atoms with Gasteiger partial charge in [0, 0.05) is 30.1 Å². The Morgan fingerprint density at radius 2 is 2.21 bits per heavy atom. The maximum absolute atomic E-state index is 11.9. The topological polar surface area (TPSA) is 66.5 Å². The van der Waals surface area contributed by atoms with Gasteiger partial charge in [0.1, 0.15) is 0 Å². The molecule has 2 heterocycles. The number of fused-ring (bicyclic) bond motifs is 1. The van der Waals surface area contributed by atoms with E-state index in [1.54, 1.807) is 7.05 Å². The minimum absolute atomic E-state index is 0.0572. The number of amides is 1. The van der Waals surface area contributed by atoms with Crippen LogP contribution >= 0.6 is 0 Å². The fourth-order valence-corrected chi connectivity index (χ4v) is 2.43. The first-order chi connectivity index (χ1) is 9.20. The van der Waals surface area contributed by atoms with E-state index in [-0.39, 0.29) is 11.8 Å². The predicted octanol–water partition coefficient (Wildman–Crippen LogP) is 1.77. The number of nitrogens with zero attached hydrogens (tertiary/aromatic N) is 1. The van der Waals surface area contributed by atoms with Crippen LogP contribution in [0.15, 0.2) is 35.5 Å². The van der Waals surface area contributed by atoms with Crippen LogP contribution in [-0.2, 0) is 9.53 Å². The fourth-order valence-electron chi connectivity index (χ4n) is 2.43. The summed E-state index contributed by atoms with van der Waals surface area (Å²) < 4.78 is 5.53. The molecule has 1 aromatic heterocycles. The number of nitrogens with one attached hydrogen (secondary N) is 2. The summed E-state index contributed by atoms with van der Waals surface area (Å²) in [5, 5.41) is 3.88. The molecule has 1 aliphatic rings. The number of hydrogen-bond acceptors (Lipinski definition) is 3. The van der Waals surface area contributed by atoms with Crippen LogP contribution in [0.5, 0.6) is 0 Å². The molecule has 1 aliphatic heterocycles. The van der Waals surface area contributed by atoms with Crippen molar-refractivity contribution in [3.05, 3.63) is 36.0 Å². The number of para-hydroxylation sites is 1. The molecule has 3 rings (SSSR count). The van der Waals surface area contributed by atoms with Crippen molar-refractivity contribution in [2.24, 2.45) is 4.99 Å². The van der Waals surface area contributed by atoms with Gasteiger partial charge in [-0.25, -0.2) is 0 Å². The van der Waals surface area contributed by atoms with Crippen LogP contribution in [0, 0.1) is 0 Å². The number of H-pyrrole nitrogens is 1. The molecule has 0 radical (unpaired) electrons. The Hall–Kier alpha value is -2.30. The highest BCUT2D eigenvalue weighted by atomic mass is 16.5. The van der Waals surface area contributed by atoms with E-state index in [4.69, 9.17) is 4.74 Å². The van der Waals surface area contributed by atoms with E-state index in [1.165, 1.54) is 0 Å². The summed E-state index contributed by atoms with van der Waals surface area (Å²) in [5.41, 5.74) is 2.13. The van der Waals surface area contributed by atoms with E-state index in [0.29, 0.717) is 6.02 Å². The van der Waals surface area contributed by atoms with Gasteiger partial charge in [0.15, 0.2) is 6.10 Å². The largest absolute Gasteiger partial charge is 0.451 e. The minimum atomic E-state index is -0.554. The number of aliphatic imine (C=N–C) groups is 1. The van der Waals surface area contributed by atoms with Gasteiger partial charge >= 0.3 is 0 Å². The van der Waals surface area contributed by atoms with Crippen molar-refractivity contribution >= 4 is 22.8 Å². The highest BCUT2D eigenvalue weighted by Gasteiger charge is 2.35. The lowest BCUT2D eigenvalue weighted by molar-refractivity contribution is -0.123. The molecule has 1 amide bonds. The number of rotatable bonds is 2. The summed E-state index contributed by atoms with van der Waals surface area (Å²) in [6, 6.07) is 8.31. The Morgan fingerprint density at radius 1 is 1.42 bits per heavy atom. The molecule has 5 nitrogen and oxygen atoms in total. The number of amidine groups is 1. The first-order valence-corrected chi connectivity index (χ1v) is 6.23. The van der Waals surface area contributed by atoms with Gasteiger partial charge in [0.05, 0.1) is 0 Å². The fraction of sp³-hybridized carbons (Fsp3) is 0.286. The van der Waals surface area contributed by atoms with Gasteiger partial charge in [0.2, 0.25) is 0 Å². The zero-order chi connectivity index (χ0) is 13.4. The van der Waals surface area contributed by atoms with E-state index >= 15 is 0 Å². The van der Waals surface area contributed by atoms with Crippen molar-refractivity contribution in [3.8, 4) is 0 Å². The smallest absolute Gasteiger partial charge is 0.293 e. The quantitative estimate of drug-likeness (QED) is 0.861. The van der Waals surface area contributed by atoms with Gasteiger partial charge in [-0.2, -0.15) is 4.99 Å². The maximum Gasteiger partial charge on any atom is 0.293 e. The Balaban J connectivity index is 1.93. The van der Waals surface area contributed by atoms with E-state index < -0.39 is 6.10 Å². The van der Waals surface area contributed by atoms with E-state index in [2.05, 4.69) is 15.3 Å². The molecule has 0 bridgehead atoms. The third-order valence-electron chi connectivity index (χ3n) is 3.47. The highest BCUT2D eigenvalue weighted by Crippen LogP contribution is 2.30. The van der Waals surface area contributed by atoms with E-state index in [0.717, 1.165) is 16.5 Å². The van der Waals surface area contributed by atoms with Crippen LogP contribution in [-0.4, -0.2) is 30.1 Å².